The topological polar surface area (TPSA) is 37.3 Å². The van der Waals surface area contributed by atoms with E-state index in [4.69, 9.17) is 5.11 Å². The number of hydrogen-bond acceptors (Lipinski definition) is 2. The van der Waals surface area contributed by atoms with E-state index in [1.807, 2.05) is 0 Å². The lowest BCUT2D eigenvalue weighted by atomic mass is 10.1. The van der Waals surface area contributed by atoms with Gasteiger partial charge in [-0.1, -0.05) is 12.1 Å². The first-order chi connectivity index (χ1) is 7.30. The zero-order chi connectivity index (χ0) is 12.3. The summed E-state index contributed by atoms with van der Waals surface area (Å²) in [6.45, 7) is 0. The van der Waals surface area contributed by atoms with Gasteiger partial charge in [0.05, 0.1) is 0 Å². The van der Waals surface area contributed by atoms with Crippen molar-refractivity contribution in [3.63, 3.8) is 0 Å². The van der Waals surface area contributed by atoms with Crippen LogP contribution in [0.3, 0.4) is 0 Å². The van der Waals surface area contributed by atoms with Gasteiger partial charge in [-0.15, -0.1) is 0 Å². The number of aliphatic hydroxyl groups is 1. The summed E-state index contributed by atoms with van der Waals surface area (Å²) >= 11 is 0. The number of alkyl halides is 3. The summed E-state index contributed by atoms with van der Waals surface area (Å²) in [6.07, 6.45) is -5.05. The molecule has 0 heterocycles. The molecule has 0 fully saturated rings. The van der Waals surface area contributed by atoms with Crippen LogP contribution in [0.25, 0.3) is 5.76 Å². The summed E-state index contributed by atoms with van der Waals surface area (Å²) < 4.78 is 48.1. The number of halogens is 4. The second-order valence-corrected chi connectivity index (χ2v) is 2.90. The molecule has 0 spiro atoms. The normalized spacial score (nSPS) is 12.6. The molecule has 16 heavy (non-hydrogen) atoms. The number of rotatable bonds is 2. The molecule has 0 saturated heterocycles. The SMILES string of the molecule is O=C(/C=C(\O)c1cccc(F)c1)C(F)(F)F. The standard InChI is InChI=1S/C10H6F4O2/c11-7-3-1-2-6(4-7)8(15)5-9(16)10(12,13)14/h1-5,15H/b8-5-. The van der Waals surface area contributed by atoms with Gasteiger partial charge in [0.25, 0.3) is 5.78 Å². The average molecular weight is 234 g/mol. The van der Waals surface area contributed by atoms with Crippen LogP contribution in [0.1, 0.15) is 5.56 Å². The lowest BCUT2D eigenvalue weighted by Gasteiger charge is -2.02. The molecule has 0 amide bonds. The Morgan fingerprint density at radius 3 is 2.44 bits per heavy atom. The van der Waals surface area contributed by atoms with Crippen LogP contribution in [0.4, 0.5) is 17.6 Å². The fourth-order valence-corrected chi connectivity index (χ4v) is 0.937. The predicted octanol–water partition coefficient (Wildman–Crippen LogP) is 2.86. The van der Waals surface area contributed by atoms with Gasteiger partial charge >= 0.3 is 6.18 Å². The van der Waals surface area contributed by atoms with Crippen LogP contribution in [0.2, 0.25) is 0 Å². The van der Waals surface area contributed by atoms with Crippen molar-refractivity contribution >= 4 is 11.5 Å². The van der Waals surface area contributed by atoms with Crippen molar-refractivity contribution in [3.8, 4) is 0 Å². The zero-order valence-electron chi connectivity index (χ0n) is 7.75. The highest BCUT2D eigenvalue weighted by molar-refractivity contribution is 5.99. The Hall–Kier alpha value is -1.85. The van der Waals surface area contributed by atoms with Gasteiger partial charge in [0, 0.05) is 11.6 Å². The van der Waals surface area contributed by atoms with Gasteiger partial charge < -0.3 is 5.11 Å². The van der Waals surface area contributed by atoms with Gasteiger partial charge in [0.15, 0.2) is 0 Å². The Kier molecular flexibility index (Phi) is 3.31. The second kappa shape index (κ2) is 4.34. The molecule has 86 valence electrons. The van der Waals surface area contributed by atoms with E-state index in [9.17, 15) is 22.4 Å². The molecule has 0 aliphatic carbocycles. The molecule has 1 rings (SSSR count). The molecule has 0 unspecified atom stereocenters. The molecule has 0 radical (unpaired) electrons. The zero-order valence-corrected chi connectivity index (χ0v) is 7.75. The molecule has 2 nitrogen and oxygen atoms in total. The molecule has 0 aromatic heterocycles. The molecule has 0 saturated carbocycles. The van der Waals surface area contributed by atoms with Gasteiger partial charge in [-0.2, -0.15) is 13.2 Å². The molecule has 1 aromatic rings. The molecule has 6 heteroatoms. The minimum absolute atomic E-state index is 0.00870. The first-order valence-corrected chi connectivity index (χ1v) is 4.08. The number of benzene rings is 1. The van der Waals surface area contributed by atoms with Crippen molar-refractivity contribution in [1.82, 2.24) is 0 Å². The largest absolute Gasteiger partial charge is 0.507 e. The van der Waals surface area contributed by atoms with Crippen molar-refractivity contribution in [2.75, 3.05) is 0 Å². The summed E-state index contributed by atoms with van der Waals surface area (Å²) in [5.41, 5.74) is -0.197. The van der Waals surface area contributed by atoms with Crippen LogP contribution in [0.15, 0.2) is 30.3 Å². The summed E-state index contributed by atoms with van der Waals surface area (Å²) in [5.74, 6) is -3.85. The highest BCUT2D eigenvalue weighted by Gasteiger charge is 2.36. The Bertz CT molecular complexity index is 435. The van der Waals surface area contributed by atoms with E-state index in [1.54, 1.807) is 0 Å². The highest BCUT2D eigenvalue weighted by atomic mass is 19.4. The third kappa shape index (κ3) is 3.08. The van der Waals surface area contributed by atoms with Crippen LogP contribution in [0, 0.1) is 5.82 Å². The van der Waals surface area contributed by atoms with E-state index in [0.717, 1.165) is 12.1 Å². The third-order valence-electron chi connectivity index (χ3n) is 1.67. The Morgan fingerprint density at radius 1 is 1.31 bits per heavy atom. The number of aliphatic hydroxyl groups excluding tert-OH is 1. The summed E-state index contributed by atoms with van der Waals surface area (Å²) in [4.78, 5) is 10.5. The summed E-state index contributed by atoms with van der Waals surface area (Å²) in [6, 6.07) is 4.25. The highest BCUT2D eigenvalue weighted by Crippen LogP contribution is 2.20. The number of hydrogen-bond donors (Lipinski definition) is 1. The van der Waals surface area contributed by atoms with E-state index in [2.05, 4.69) is 0 Å². The van der Waals surface area contributed by atoms with E-state index in [-0.39, 0.29) is 11.6 Å². The van der Waals surface area contributed by atoms with Crippen molar-refractivity contribution in [2.45, 2.75) is 6.18 Å². The van der Waals surface area contributed by atoms with Crippen LogP contribution < -0.4 is 0 Å². The fraction of sp³-hybridized carbons (Fsp3) is 0.100. The maximum atomic E-state index is 12.7. The summed E-state index contributed by atoms with van der Waals surface area (Å²) in [5, 5.41) is 9.15. The van der Waals surface area contributed by atoms with Gasteiger partial charge in [0.1, 0.15) is 11.6 Å². The molecular weight excluding hydrogens is 228 g/mol. The van der Waals surface area contributed by atoms with Gasteiger partial charge in [-0.3, -0.25) is 4.79 Å². The van der Waals surface area contributed by atoms with Crippen molar-refractivity contribution in [2.24, 2.45) is 0 Å². The van der Waals surface area contributed by atoms with Crippen molar-refractivity contribution in [1.29, 1.82) is 0 Å². The quantitative estimate of drug-likeness (QED) is 0.485. The fourth-order valence-electron chi connectivity index (χ4n) is 0.937. The second-order valence-electron chi connectivity index (χ2n) is 2.90. The number of carbonyl (C=O) groups is 1. The van der Waals surface area contributed by atoms with E-state index >= 15 is 0 Å². The minimum Gasteiger partial charge on any atom is -0.507 e. The van der Waals surface area contributed by atoms with Crippen LogP contribution in [0.5, 0.6) is 0 Å². The Morgan fingerprint density at radius 2 is 1.94 bits per heavy atom. The third-order valence-corrected chi connectivity index (χ3v) is 1.67. The van der Waals surface area contributed by atoms with Gasteiger partial charge in [-0.25, -0.2) is 4.39 Å². The smallest absolute Gasteiger partial charge is 0.454 e. The number of allylic oxidation sites excluding steroid dienone is 1. The van der Waals surface area contributed by atoms with E-state index < -0.39 is 23.5 Å². The predicted molar refractivity (Wildman–Crippen MR) is 48.1 cm³/mol. The Balaban J connectivity index is 2.99. The van der Waals surface area contributed by atoms with E-state index in [1.165, 1.54) is 12.1 Å². The first-order valence-electron chi connectivity index (χ1n) is 4.08. The monoisotopic (exact) mass is 234 g/mol. The molecule has 1 N–H and O–H groups in total. The summed E-state index contributed by atoms with van der Waals surface area (Å²) in [7, 11) is 0. The molecule has 0 aliphatic heterocycles. The first kappa shape index (κ1) is 12.2. The molecule has 0 bridgehead atoms. The average Bonchev–Trinajstić information content (AvgIpc) is 2.16. The van der Waals surface area contributed by atoms with E-state index in [0.29, 0.717) is 0 Å². The minimum atomic E-state index is -5.05. The van der Waals surface area contributed by atoms with Gasteiger partial charge in [-0.05, 0) is 12.1 Å². The van der Waals surface area contributed by atoms with Gasteiger partial charge in [0.2, 0.25) is 0 Å². The molecule has 0 aliphatic rings. The number of carbonyl (C=O) groups excluding carboxylic acids is 1. The Labute approximate surface area is 87.8 Å². The maximum Gasteiger partial charge on any atom is 0.454 e. The van der Waals surface area contributed by atoms with Crippen molar-refractivity contribution < 1.29 is 27.5 Å². The molecule has 1 aromatic carbocycles. The van der Waals surface area contributed by atoms with Crippen LogP contribution in [-0.2, 0) is 4.79 Å². The van der Waals surface area contributed by atoms with Crippen LogP contribution in [-0.4, -0.2) is 17.1 Å². The molecule has 0 atom stereocenters. The maximum absolute atomic E-state index is 12.7. The van der Waals surface area contributed by atoms with Crippen molar-refractivity contribution in [3.05, 3.63) is 41.7 Å². The number of ketones is 1. The molecular formula is C10H6F4O2. The lowest BCUT2D eigenvalue weighted by Crippen LogP contribution is -2.20. The lowest BCUT2D eigenvalue weighted by molar-refractivity contribution is -0.165. The van der Waals surface area contributed by atoms with Crippen LogP contribution >= 0.6 is 0 Å².